The van der Waals surface area contributed by atoms with Crippen LogP contribution in [-0.2, 0) is 9.84 Å². The van der Waals surface area contributed by atoms with Crippen molar-refractivity contribution >= 4 is 50.7 Å². The molecule has 1 N–H and O–H groups in total. The van der Waals surface area contributed by atoms with Gasteiger partial charge in [-0.25, -0.2) is 8.42 Å². The Labute approximate surface area is 195 Å². The number of nitrogens with zero attached hydrogens (tertiary/aromatic N) is 1. The summed E-state index contributed by atoms with van der Waals surface area (Å²) in [4.78, 5) is 11.7. The van der Waals surface area contributed by atoms with Crippen LogP contribution >= 0.6 is 23.2 Å². The van der Waals surface area contributed by atoms with E-state index in [1.54, 1.807) is 54.6 Å². The predicted molar refractivity (Wildman–Crippen MR) is 125 cm³/mol. The maximum absolute atomic E-state index is 12.9. The maximum atomic E-state index is 12.9. The normalized spacial score (nSPS) is 11.5. The minimum Gasteiger partial charge on any atom is -0.497 e. The average molecular weight is 487 g/mol. The summed E-state index contributed by atoms with van der Waals surface area (Å²) in [6, 6.07) is 18.7. The van der Waals surface area contributed by atoms with E-state index in [9.17, 15) is 18.5 Å². The molecule has 0 bridgehead atoms. The molecule has 6 nitrogen and oxygen atoms in total. The minimum absolute atomic E-state index is 0.0453. The summed E-state index contributed by atoms with van der Waals surface area (Å²) < 4.78 is 30.9. The predicted octanol–water partition coefficient (Wildman–Crippen LogP) is 5.59. The van der Waals surface area contributed by atoms with Gasteiger partial charge in [-0.1, -0.05) is 35.3 Å². The fourth-order valence-corrected chi connectivity index (χ4v) is 4.69. The van der Waals surface area contributed by atoms with Crippen molar-refractivity contribution in [1.29, 1.82) is 5.26 Å². The SMILES string of the molecule is COc1ccc(C(=O)Nc2cccc(/C=C(\C#N)S(=O)(=O)c3cc(Cl)ccc3Cl)c2)cc1. The fourth-order valence-electron chi connectivity index (χ4n) is 2.77. The van der Waals surface area contributed by atoms with Gasteiger partial charge in [-0.3, -0.25) is 4.79 Å². The molecule has 32 heavy (non-hydrogen) atoms. The van der Waals surface area contributed by atoms with E-state index in [0.717, 1.165) is 0 Å². The number of nitrogens with one attached hydrogen (secondary N) is 1. The highest BCUT2D eigenvalue weighted by molar-refractivity contribution is 7.95. The molecule has 0 spiro atoms. The fraction of sp³-hybridized carbons (Fsp3) is 0.0435. The Bertz CT molecular complexity index is 1350. The van der Waals surface area contributed by atoms with Crippen molar-refractivity contribution in [1.82, 2.24) is 0 Å². The molecule has 0 atom stereocenters. The lowest BCUT2D eigenvalue weighted by Crippen LogP contribution is -2.11. The number of carbonyl (C=O) groups excluding carboxylic acids is 1. The van der Waals surface area contributed by atoms with Crippen molar-refractivity contribution in [3.63, 3.8) is 0 Å². The van der Waals surface area contributed by atoms with Gasteiger partial charge in [-0.05, 0) is 66.2 Å². The van der Waals surface area contributed by atoms with E-state index in [-0.39, 0.29) is 20.8 Å². The molecular weight excluding hydrogens is 471 g/mol. The molecule has 162 valence electrons. The quantitative estimate of drug-likeness (QED) is 0.457. The first kappa shape index (κ1) is 23.4. The first-order valence-corrected chi connectivity index (χ1v) is 11.4. The Kier molecular flexibility index (Phi) is 7.21. The number of hydrogen-bond donors (Lipinski definition) is 1. The second-order valence-electron chi connectivity index (χ2n) is 6.51. The number of benzene rings is 3. The van der Waals surface area contributed by atoms with Crippen LogP contribution in [0.3, 0.4) is 0 Å². The molecule has 0 aromatic heterocycles. The lowest BCUT2D eigenvalue weighted by molar-refractivity contribution is 0.102. The first-order chi connectivity index (χ1) is 15.2. The summed E-state index contributed by atoms with van der Waals surface area (Å²) in [5.41, 5.74) is 1.24. The number of rotatable bonds is 6. The van der Waals surface area contributed by atoms with E-state index >= 15 is 0 Å². The Hall–Kier alpha value is -3.31. The van der Waals surface area contributed by atoms with Gasteiger partial charge in [0, 0.05) is 16.3 Å². The first-order valence-electron chi connectivity index (χ1n) is 9.12. The zero-order chi connectivity index (χ0) is 23.3. The highest BCUT2D eigenvalue weighted by Crippen LogP contribution is 2.30. The monoisotopic (exact) mass is 486 g/mol. The van der Waals surface area contributed by atoms with E-state index in [4.69, 9.17) is 27.9 Å². The molecule has 3 aromatic carbocycles. The van der Waals surface area contributed by atoms with Crippen molar-refractivity contribution in [3.8, 4) is 11.8 Å². The zero-order valence-corrected chi connectivity index (χ0v) is 19.0. The molecule has 0 saturated carbocycles. The van der Waals surface area contributed by atoms with E-state index in [0.29, 0.717) is 22.6 Å². The lowest BCUT2D eigenvalue weighted by atomic mass is 10.1. The number of sulfone groups is 1. The number of amides is 1. The number of halogens is 2. The smallest absolute Gasteiger partial charge is 0.255 e. The summed E-state index contributed by atoms with van der Waals surface area (Å²) in [7, 11) is -2.67. The Balaban J connectivity index is 1.89. The summed E-state index contributed by atoms with van der Waals surface area (Å²) in [6.45, 7) is 0. The molecule has 0 radical (unpaired) electrons. The molecule has 0 unspecified atom stereocenters. The van der Waals surface area contributed by atoms with Gasteiger partial charge in [0.15, 0.2) is 0 Å². The van der Waals surface area contributed by atoms with Crippen LogP contribution in [0.4, 0.5) is 5.69 Å². The van der Waals surface area contributed by atoms with Gasteiger partial charge in [0.25, 0.3) is 5.91 Å². The largest absolute Gasteiger partial charge is 0.497 e. The molecule has 0 aliphatic heterocycles. The number of nitriles is 1. The minimum atomic E-state index is -4.20. The third kappa shape index (κ3) is 5.29. The number of allylic oxidation sites excluding steroid dienone is 1. The highest BCUT2D eigenvalue weighted by Gasteiger charge is 2.24. The Morgan fingerprint density at radius 2 is 1.78 bits per heavy atom. The van der Waals surface area contributed by atoms with Crippen molar-refractivity contribution in [3.05, 3.63) is 92.8 Å². The third-order valence-electron chi connectivity index (χ3n) is 4.38. The molecule has 1 amide bonds. The molecular formula is C23H16Cl2N2O4S. The average Bonchev–Trinajstić information content (AvgIpc) is 2.79. The van der Waals surface area contributed by atoms with Gasteiger partial charge in [0.1, 0.15) is 16.7 Å². The van der Waals surface area contributed by atoms with E-state index < -0.39 is 14.7 Å². The van der Waals surface area contributed by atoms with Crippen LogP contribution in [0.25, 0.3) is 6.08 Å². The molecule has 0 fully saturated rings. The van der Waals surface area contributed by atoms with Crippen molar-refractivity contribution in [2.75, 3.05) is 12.4 Å². The van der Waals surface area contributed by atoms with Gasteiger partial charge in [-0.2, -0.15) is 5.26 Å². The summed E-state index contributed by atoms with van der Waals surface area (Å²) in [6.07, 6.45) is 1.20. The van der Waals surface area contributed by atoms with Gasteiger partial charge < -0.3 is 10.1 Å². The topological polar surface area (TPSA) is 96.3 Å². The second kappa shape index (κ2) is 9.88. The van der Waals surface area contributed by atoms with Crippen LogP contribution in [-0.4, -0.2) is 21.4 Å². The Morgan fingerprint density at radius 1 is 1.06 bits per heavy atom. The lowest BCUT2D eigenvalue weighted by Gasteiger charge is -2.08. The van der Waals surface area contributed by atoms with Gasteiger partial charge >= 0.3 is 0 Å². The van der Waals surface area contributed by atoms with Gasteiger partial charge in [0.05, 0.1) is 17.0 Å². The molecule has 3 rings (SSSR count). The summed E-state index contributed by atoms with van der Waals surface area (Å²) in [5.74, 6) is 0.270. The molecule has 0 aliphatic carbocycles. The standard InChI is InChI=1S/C23H16Cl2N2O4S/c1-31-19-8-5-16(6-9-19)23(28)27-18-4-2-3-15(11-18)12-20(14-26)32(29,30)22-13-17(24)7-10-21(22)25/h2-13H,1H3,(H,27,28)/b20-12+. The molecule has 0 saturated heterocycles. The van der Waals surface area contributed by atoms with Crippen molar-refractivity contribution < 1.29 is 17.9 Å². The van der Waals surface area contributed by atoms with E-state index in [1.807, 2.05) is 0 Å². The molecule has 3 aromatic rings. The number of anilines is 1. The maximum Gasteiger partial charge on any atom is 0.255 e. The van der Waals surface area contributed by atoms with E-state index in [2.05, 4.69) is 5.32 Å². The number of ether oxygens (including phenoxy) is 1. The van der Waals surface area contributed by atoms with Crippen LogP contribution in [0.2, 0.25) is 10.0 Å². The second-order valence-corrected chi connectivity index (χ2v) is 9.24. The number of methoxy groups -OCH3 is 1. The Morgan fingerprint density at radius 3 is 2.44 bits per heavy atom. The van der Waals surface area contributed by atoms with Crippen molar-refractivity contribution in [2.24, 2.45) is 0 Å². The van der Waals surface area contributed by atoms with Crippen LogP contribution in [0.5, 0.6) is 5.75 Å². The van der Waals surface area contributed by atoms with Gasteiger partial charge in [-0.15, -0.1) is 0 Å². The number of hydrogen-bond acceptors (Lipinski definition) is 5. The van der Waals surface area contributed by atoms with Crippen molar-refractivity contribution in [2.45, 2.75) is 4.90 Å². The van der Waals surface area contributed by atoms with E-state index in [1.165, 1.54) is 31.4 Å². The third-order valence-corrected chi connectivity index (χ3v) is 6.76. The highest BCUT2D eigenvalue weighted by atomic mass is 35.5. The summed E-state index contributed by atoms with van der Waals surface area (Å²) >= 11 is 11.9. The van der Waals surface area contributed by atoms with Gasteiger partial charge in [0.2, 0.25) is 9.84 Å². The summed E-state index contributed by atoms with van der Waals surface area (Å²) in [5, 5.41) is 12.4. The molecule has 0 heterocycles. The van der Waals surface area contributed by atoms with Crippen LogP contribution in [0.15, 0.2) is 76.5 Å². The van der Waals surface area contributed by atoms with Crippen LogP contribution in [0.1, 0.15) is 15.9 Å². The van der Waals surface area contributed by atoms with Crippen LogP contribution < -0.4 is 10.1 Å². The zero-order valence-electron chi connectivity index (χ0n) is 16.7. The molecule has 9 heteroatoms. The van der Waals surface area contributed by atoms with Crippen LogP contribution in [0, 0.1) is 11.3 Å². The molecule has 0 aliphatic rings. The number of carbonyl (C=O) groups is 1.